The van der Waals surface area contributed by atoms with Crippen LogP contribution in [0.4, 0.5) is 4.79 Å². The Kier molecular flexibility index (Phi) is 10.9. The first-order valence-corrected chi connectivity index (χ1v) is 18.1. The van der Waals surface area contributed by atoms with Crippen molar-refractivity contribution in [1.29, 1.82) is 0 Å². The normalized spacial score (nSPS) is 22.0. The summed E-state index contributed by atoms with van der Waals surface area (Å²) in [7, 11) is -4.26. The van der Waals surface area contributed by atoms with Crippen LogP contribution >= 0.6 is 0 Å². The molecular weight excluding hydrogens is 652 g/mol. The van der Waals surface area contributed by atoms with Crippen LogP contribution < -0.4 is 19.5 Å². The minimum absolute atomic E-state index is 0.0129. The lowest BCUT2D eigenvalue weighted by Crippen LogP contribution is -2.60. The Hall–Kier alpha value is -3.88. The van der Waals surface area contributed by atoms with Gasteiger partial charge in [0.1, 0.15) is 12.4 Å². The average Bonchev–Trinajstić information content (AvgIpc) is 3.75. The van der Waals surface area contributed by atoms with E-state index < -0.39 is 46.5 Å². The third kappa shape index (κ3) is 8.13. The topological polar surface area (TPSA) is 153 Å². The van der Waals surface area contributed by atoms with E-state index in [9.17, 15) is 23.4 Å². The fraction of sp³-hybridized carbons (Fsp3) is 0.472. The van der Waals surface area contributed by atoms with Crippen LogP contribution in [0, 0.1) is 17.8 Å². The number of carbonyl (C=O) groups is 1. The summed E-state index contributed by atoms with van der Waals surface area (Å²) < 4.78 is 59.4. The number of benzene rings is 3. The Morgan fingerprint density at radius 1 is 1.00 bits per heavy atom. The lowest BCUT2D eigenvalue weighted by molar-refractivity contribution is -0.152. The van der Waals surface area contributed by atoms with Crippen LogP contribution in [-0.2, 0) is 32.5 Å². The van der Waals surface area contributed by atoms with Crippen molar-refractivity contribution in [1.82, 2.24) is 9.62 Å². The summed E-state index contributed by atoms with van der Waals surface area (Å²) in [6.45, 7) is 4.93. The fourth-order valence-electron chi connectivity index (χ4n) is 6.97. The number of rotatable bonds is 14. The summed E-state index contributed by atoms with van der Waals surface area (Å²) in [6, 6.07) is 19.3. The molecule has 264 valence electrons. The van der Waals surface area contributed by atoms with Gasteiger partial charge in [-0.15, -0.1) is 0 Å². The minimum Gasteiger partial charge on any atom is -0.489 e. The zero-order valence-electron chi connectivity index (χ0n) is 27.6. The van der Waals surface area contributed by atoms with Crippen molar-refractivity contribution < 1.29 is 47.1 Å². The van der Waals surface area contributed by atoms with Crippen molar-refractivity contribution >= 4 is 16.1 Å². The lowest BCUT2D eigenvalue weighted by atomic mass is 9.79. The van der Waals surface area contributed by atoms with Gasteiger partial charge in [-0.05, 0) is 60.6 Å². The highest BCUT2D eigenvalue weighted by Crippen LogP contribution is 2.42. The highest BCUT2D eigenvalue weighted by atomic mass is 32.2. The molecule has 0 bridgehead atoms. The smallest absolute Gasteiger partial charge is 0.404 e. The first kappa shape index (κ1) is 35.0. The van der Waals surface area contributed by atoms with Gasteiger partial charge in [0.15, 0.2) is 17.8 Å². The van der Waals surface area contributed by atoms with E-state index in [0.29, 0.717) is 30.5 Å². The molecule has 0 aliphatic carbocycles. The third-order valence-corrected chi connectivity index (χ3v) is 11.1. The molecule has 0 spiro atoms. The molecule has 3 heterocycles. The van der Waals surface area contributed by atoms with Gasteiger partial charge < -0.3 is 39.2 Å². The van der Waals surface area contributed by atoms with Gasteiger partial charge >= 0.3 is 6.09 Å². The fourth-order valence-corrected chi connectivity index (χ4v) is 8.83. The average molecular weight is 697 g/mol. The Morgan fingerprint density at radius 3 is 2.49 bits per heavy atom. The molecule has 3 N–H and O–H groups in total. The predicted molar refractivity (Wildman–Crippen MR) is 179 cm³/mol. The number of sulfonamides is 1. The summed E-state index contributed by atoms with van der Waals surface area (Å²) in [6.07, 6.45) is -1.74. The zero-order chi connectivity index (χ0) is 34.5. The molecule has 2 saturated heterocycles. The summed E-state index contributed by atoms with van der Waals surface area (Å²) in [4.78, 5) is 12.2. The Labute approximate surface area is 286 Å². The number of nitrogens with one attached hydrogen (secondary N) is 1. The first-order chi connectivity index (χ1) is 23.6. The third-order valence-electron chi connectivity index (χ3n) is 9.28. The zero-order valence-corrected chi connectivity index (χ0v) is 28.5. The highest BCUT2D eigenvalue weighted by Gasteiger charge is 2.51. The SMILES string of the molecule is CC(C)CN(C(C1COC2OCCCC21)[C@H](O)[C@H](Cc1ccc(OCc2ccccc2)cc1)NC(=O)O)S(=O)(=O)c1ccc2c(c1)OCO2. The predicted octanol–water partition coefficient (Wildman–Crippen LogP) is 4.65. The summed E-state index contributed by atoms with van der Waals surface area (Å²) in [5.41, 5.74) is 1.76. The second-order valence-electron chi connectivity index (χ2n) is 13.2. The first-order valence-electron chi connectivity index (χ1n) is 16.7. The number of fused-ring (bicyclic) bond motifs is 2. The molecule has 0 radical (unpaired) electrons. The van der Waals surface area contributed by atoms with Gasteiger partial charge in [-0.25, -0.2) is 13.2 Å². The van der Waals surface area contributed by atoms with Crippen LogP contribution in [-0.4, -0.2) is 80.1 Å². The van der Waals surface area contributed by atoms with E-state index in [2.05, 4.69) is 5.32 Å². The van der Waals surface area contributed by atoms with E-state index in [0.717, 1.165) is 24.0 Å². The van der Waals surface area contributed by atoms with Crippen molar-refractivity contribution in [3.63, 3.8) is 0 Å². The maximum absolute atomic E-state index is 14.6. The molecule has 3 aliphatic heterocycles. The number of hydrogen-bond acceptors (Lipinski definition) is 9. The number of carboxylic acid groups (broad SMARTS) is 1. The van der Waals surface area contributed by atoms with Gasteiger partial charge in [-0.2, -0.15) is 4.31 Å². The highest BCUT2D eigenvalue weighted by molar-refractivity contribution is 7.89. The van der Waals surface area contributed by atoms with E-state index in [-0.39, 0.29) is 43.1 Å². The van der Waals surface area contributed by atoms with Gasteiger partial charge in [-0.3, -0.25) is 0 Å². The molecule has 3 aliphatic rings. The Bertz CT molecular complexity index is 1670. The molecule has 1 amide bonds. The summed E-state index contributed by atoms with van der Waals surface area (Å²) in [5.74, 6) is 0.594. The van der Waals surface area contributed by atoms with Crippen LogP contribution in [0.2, 0.25) is 0 Å². The number of nitrogens with zero attached hydrogens (tertiary/aromatic N) is 1. The number of aliphatic hydroxyl groups is 1. The Balaban J connectivity index is 1.32. The van der Waals surface area contributed by atoms with Crippen molar-refractivity contribution in [3.05, 3.63) is 83.9 Å². The Morgan fingerprint density at radius 2 is 1.76 bits per heavy atom. The number of ether oxygens (including phenoxy) is 5. The van der Waals surface area contributed by atoms with Crippen LogP contribution in [0.25, 0.3) is 0 Å². The van der Waals surface area contributed by atoms with E-state index in [1.165, 1.54) is 16.4 Å². The number of hydrogen-bond donors (Lipinski definition) is 3. The largest absolute Gasteiger partial charge is 0.489 e. The maximum atomic E-state index is 14.6. The molecular formula is C36H44N2O10S. The maximum Gasteiger partial charge on any atom is 0.404 e. The second kappa shape index (κ2) is 15.3. The standard InChI is InChI=1S/C36H44N2O10S/c1-23(2)19-38(49(42,43)27-14-15-31-32(18-27)48-22-47-31)33(29-21-46-35-28(29)9-6-16-44-35)34(39)30(37-36(40)41)17-24-10-12-26(13-11-24)45-20-25-7-4-3-5-8-25/h3-5,7-8,10-15,18,23,28-30,33-35,37,39H,6,9,16-17,19-22H2,1-2H3,(H,40,41)/t28?,29?,30-,33?,34+,35?/m0/s1. The monoisotopic (exact) mass is 696 g/mol. The van der Waals surface area contributed by atoms with Crippen molar-refractivity contribution in [2.24, 2.45) is 17.8 Å². The second-order valence-corrected chi connectivity index (χ2v) is 15.1. The molecule has 12 nitrogen and oxygen atoms in total. The van der Waals surface area contributed by atoms with Gasteiger partial charge in [0.25, 0.3) is 0 Å². The van der Waals surface area contributed by atoms with E-state index in [1.54, 1.807) is 18.2 Å². The van der Waals surface area contributed by atoms with Crippen LogP contribution in [0.15, 0.2) is 77.7 Å². The molecule has 0 saturated carbocycles. The van der Waals surface area contributed by atoms with Gasteiger partial charge in [0, 0.05) is 31.1 Å². The van der Waals surface area contributed by atoms with Crippen molar-refractivity contribution in [2.45, 2.75) is 69.1 Å². The van der Waals surface area contributed by atoms with Crippen LogP contribution in [0.3, 0.4) is 0 Å². The molecule has 3 aromatic carbocycles. The van der Waals surface area contributed by atoms with Crippen LogP contribution in [0.1, 0.15) is 37.8 Å². The quantitative estimate of drug-likeness (QED) is 0.217. The summed E-state index contributed by atoms with van der Waals surface area (Å²) in [5, 5.41) is 24.8. The minimum atomic E-state index is -4.26. The molecule has 4 unspecified atom stereocenters. The molecule has 6 atom stereocenters. The molecule has 2 fully saturated rings. The van der Waals surface area contributed by atoms with Gasteiger partial charge in [0.05, 0.1) is 29.7 Å². The van der Waals surface area contributed by atoms with Crippen molar-refractivity contribution in [3.8, 4) is 17.2 Å². The van der Waals surface area contributed by atoms with Crippen LogP contribution in [0.5, 0.6) is 17.2 Å². The number of aliphatic hydroxyl groups excluding tert-OH is 1. The molecule has 3 aromatic rings. The lowest BCUT2D eigenvalue weighted by Gasteiger charge is -2.43. The van der Waals surface area contributed by atoms with E-state index in [4.69, 9.17) is 23.7 Å². The van der Waals surface area contributed by atoms with E-state index in [1.807, 2.05) is 56.3 Å². The summed E-state index contributed by atoms with van der Waals surface area (Å²) >= 11 is 0. The molecule has 49 heavy (non-hydrogen) atoms. The van der Waals surface area contributed by atoms with Crippen molar-refractivity contribution in [2.75, 3.05) is 26.6 Å². The molecule has 0 aromatic heterocycles. The van der Waals surface area contributed by atoms with Gasteiger partial charge in [0.2, 0.25) is 16.8 Å². The van der Waals surface area contributed by atoms with E-state index >= 15 is 0 Å². The van der Waals surface area contributed by atoms with Gasteiger partial charge in [-0.1, -0.05) is 56.3 Å². The molecule has 13 heteroatoms. The number of amides is 1. The molecule has 6 rings (SSSR count).